The Labute approximate surface area is 150 Å². The van der Waals surface area contributed by atoms with Crippen LogP contribution in [0.2, 0.25) is 0 Å². The van der Waals surface area contributed by atoms with Crippen molar-refractivity contribution in [1.29, 1.82) is 0 Å². The van der Waals surface area contributed by atoms with E-state index in [0.29, 0.717) is 13.0 Å². The first kappa shape index (κ1) is 20.2. The molecule has 8 heteroatoms. The lowest BCUT2D eigenvalue weighted by Crippen LogP contribution is -2.50. The quantitative estimate of drug-likeness (QED) is 0.805. The van der Waals surface area contributed by atoms with Gasteiger partial charge in [0.2, 0.25) is 0 Å². The number of ketones is 1. The maximum Gasteiger partial charge on any atom is 0.417 e. The Bertz CT molecular complexity index is 651. The summed E-state index contributed by atoms with van der Waals surface area (Å²) in [5.41, 5.74) is -1.28. The van der Waals surface area contributed by atoms with Crippen molar-refractivity contribution in [3.05, 3.63) is 29.6 Å². The monoisotopic (exact) mass is 372 g/mol. The Morgan fingerprint density at radius 3 is 2.46 bits per heavy atom. The number of nitrogens with zero attached hydrogens (tertiary/aromatic N) is 2. The summed E-state index contributed by atoms with van der Waals surface area (Å²) in [4.78, 5) is 30.1. The number of carbonyl (C=O) groups is 2. The minimum absolute atomic E-state index is 0.123. The second kappa shape index (κ2) is 7.63. The van der Waals surface area contributed by atoms with E-state index in [4.69, 9.17) is 4.74 Å². The molecule has 144 valence electrons. The lowest BCUT2D eigenvalue weighted by molar-refractivity contribution is -0.137. The molecule has 1 aromatic heterocycles. The van der Waals surface area contributed by atoms with Gasteiger partial charge in [-0.05, 0) is 52.2 Å². The molecule has 0 bridgehead atoms. The number of piperidine rings is 1. The van der Waals surface area contributed by atoms with Crippen molar-refractivity contribution in [3.63, 3.8) is 0 Å². The van der Waals surface area contributed by atoms with Crippen molar-refractivity contribution in [2.24, 2.45) is 0 Å². The summed E-state index contributed by atoms with van der Waals surface area (Å²) in [5, 5.41) is 0. The van der Waals surface area contributed by atoms with Crippen molar-refractivity contribution >= 4 is 11.9 Å². The molecular formula is C18H23F3N2O3. The lowest BCUT2D eigenvalue weighted by Gasteiger charge is -2.35. The van der Waals surface area contributed by atoms with E-state index < -0.39 is 29.5 Å². The zero-order valence-electron chi connectivity index (χ0n) is 15.1. The van der Waals surface area contributed by atoms with E-state index in [2.05, 4.69) is 4.98 Å². The fourth-order valence-electron chi connectivity index (χ4n) is 2.80. The summed E-state index contributed by atoms with van der Waals surface area (Å²) in [5.74, 6) is -0.247. The molecule has 1 amide bonds. The summed E-state index contributed by atoms with van der Waals surface area (Å²) in [6, 6.07) is 1.46. The summed E-state index contributed by atoms with van der Waals surface area (Å²) in [7, 11) is 0. The molecule has 0 saturated carbocycles. The van der Waals surface area contributed by atoms with Gasteiger partial charge in [-0.2, -0.15) is 13.2 Å². The number of ether oxygens (including phenoxy) is 1. The van der Waals surface area contributed by atoms with Gasteiger partial charge in [-0.3, -0.25) is 14.7 Å². The Morgan fingerprint density at radius 2 is 1.92 bits per heavy atom. The molecule has 2 heterocycles. The lowest BCUT2D eigenvalue weighted by atomic mass is 9.96. The van der Waals surface area contributed by atoms with Crippen LogP contribution in [0.3, 0.4) is 0 Å². The SMILES string of the molecule is CC(C)(C)OC(=O)N1CCCC[C@H]1C(=O)Cc1ccc(C(F)(F)F)cn1. The highest BCUT2D eigenvalue weighted by Crippen LogP contribution is 2.28. The van der Waals surface area contributed by atoms with Gasteiger partial charge >= 0.3 is 12.3 Å². The van der Waals surface area contributed by atoms with Crippen LogP contribution in [-0.4, -0.2) is 39.9 Å². The summed E-state index contributed by atoms with van der Waals surface area (Å²) in [6.07, 6.45) is -2.32. The van der Waals surface area contributed by atoms with Crippen LogP contribution in [0.25, 0.3) is 0 Å². The van der Waals surface area contributed by atoms with Gasteiger partial charge in [0.05, 0.1) is 18.0 Å². The van der Waals surface area contributed by atoms with Crippen LogP contribution in [0.5, 0.6) is 0 Å². The van der Waals surface area contributed by atoms with Crippen LogP contribution in [-0.2, 0) is 22.1 Å². The Kier molecular flexibility index (Phi) is 5.93. The summed E-state index contributed by atoms with van der Waals surface area (Å²) in [6.45, 7) is 5.67. The number of pyridine rings is 1. The van der Waals surface area contributed by atoms with Gasteiger partial charge in [0.15, 0.2) is 5.78 Å². The van der Waals surface area contributed by atoms with E-state index in [-0.39, 0.29) is 17.9 Å². The largest absolute Gasteiger partial charge is 0.444 e. The number of hydrogen-bond donors (Lipinski definition) is 0. The van der Waals surface area contributed by atoms with Crippen molar-refractivity contribution in [1.82, 2.24) is 9.88 Å². The van der Waals surface area contributed by atoms with Gasteiger partial charge in [0.25, 0.3) is 0 Å². The van der Waals surface area contributed by atoms with Crippen LogP contribution in [0.1, 0.15) is 51.3 Å². The Morgan fingerprint density at radius 1 is 1.23 bits per heavy atom. The van der Waals surface area contributed by atoms with Crippen LogP contribution in [0.15, 0.2) is 18.3 Å². The van der Waals surface area contributed by atoms with E-state index in [1.807, 2.05) is 0 Å². The van der Waals surface area contributed by atoms with Gasteiger partial charge in [-0.25, -0.2) is 4.79 Å². The average Bonchev–Trinajstić information content (AvgIpc) is 2.53. The topological polar surface area (TPSA) is 59.5 Å². The number of aromatic nitrogens is 1. The first-order chi connectivity index (χ1) is 12.0. The molecule has 1 atom stereocenters. The third kappa shape index (κ3) is 5.44. The number of rotatable bonds is 3. The fourth-order valence-corrected chi connectivity index (χ4v) is 2.80. The van der Waals surface area contributed by atoms with Crippen LogP contribution in [0.4, 0.5) is 18.0 Å². The number of likely N-dealkylation sites (tertiary alicyclic amines) is 1. The highest BCUT2D eigenvalue weighted by atomic mass is 19.4. The molecule has 5 nitrogen and oxygen atoms in total. The van der Waals surface area contributed by atoms with Gasteiger partial charge in [-0.15, -0.1) is 0 Å². The van der Waals surface area contributed by atoms with Crippen LogP contribution in [0, 0.1) is 0 Å². The van der Waals surface area contributed by atoms with E-state index in [1.165, 1.54) is 11.0 Å². The van der Waals surface area contributed by atoms with E-state index >= 15 is 0 Å². The Balaban J connectivity index is 2.07. The molecule has 0 aliphatic carbocycles. The number of Topliss-reactive ketones (excluding diaryl/α,β-unsaturated/α-hetero) is 1. The molecule has 1 aliphatic rings. The molecule has 0 aromatic carbocycles. The van der Waals surface area contributed by atoms with Crippen LogP contribution >= 0.6 is 0 Å². The Hall–Kier alpha value is -2.12. The molecule has 1 fully saturated rings. The molecule has 1 saturated heterocycles. The van der Waals surface area contributed by atoms with Gasteiger partial charge < -0.3 is 4.74 Å². The van der Waals surface area contributed by atoms with E-state index in [0.717, 1.165) is 25.1 Å². The third-order valence-corrected chi connectivity index (χ3v) is 4.01. The zero-order chi connectivity index (χ0) is 19.5. The zero-order valence-corrected chi connectivity index (χ0v) is 15.1. The summed E-state index contributed by atoms with van der Waals surface area (Å²) < 4.78 is 43.1. The van der Waals surface area contributed by atoms with Crippen molar-refractivity contribution in [2.45, 2.75) is 64.3 Å². The van der Waals surface area contributed by atoms with Gasteiger partial charge in [-0.1, -0.05) is 0 Å². The number of halogens is 3. The smallest absolute Gasteiger partial charge is 0.417 e. The fraction of sp³-hybridized carbons (Fsp3) is 0.611. The summed E-state index contributed by atoms with van der Waals surface area (Å²) >= 11 is 0. The molecule has 0 N–H and O–H groups in total. The van der Waals surface area contributed by atoms with E-state index in [9.17, 15) is 22.8 Å². The number of amides is 1. The first-order valence-electron chi connectivity index (χ1n) is 8.52. The molecular weight excluding hydrogens is 349 g/mol. The molecule has 1 aliphatic heterocycles. The average molecular weight is 372 g/mol. The molecule has 26 heavy (non-hydrogen) atoms. The molecule has 0 spiro atoms. The standard InChI is InChI=1S/C18H23F3N2O3/c1-17(2,3)26-16(25)23-9-5-4-6-14(23)15(24)10-13-8-7-12(11-22-13)18(19,20)21/h7-8,11,14H,4-6,9-10H2,1-3H3/t14-/m0/s1. The minimum atomic E-state index is -4.47. The first-order valence-corrected chi connectivity index (χ1v) is 8.52. The number of alkyl halides is 3. The van der Waals surface area contributed by atoms with Crippen LogP contribution < -0.4 is 0 Å². The van der Waals surface area contributed by atoms with Crippen molar-refractivity contribution in [2.75, 3.05) is 6.54 Å². The molecule has 0 unspecified atom stereocenters. The third-order valence-electron chi connectivity index (χ3n) is 4.01. The predicted molar refractivity (Wildman–Crippen MR) is 88.5 cm³/mol. The number of hydrogen-bond acceptors (Lipinski definition) is 4. The molecule has 1 aromatic rings. The maximum absolute atomic E-state index is 12.6. The second-order valence-electron chi connectivity index (χ2n) is 7.36. The van der Waals surface area contributed by atoms with E-state index in [1.54, 1.807) is 20.8 Å². The van der Waals surface area contributed by atoms with Gasteiger partial charge in [0.1, 0.15) is 5.60 Å². The normalized spacial score (nSPS) is 18.5. The van der Waals surface area contributed by atoms with Crippen molar-refractivity contribution in [3.8, 4) is 0 Å². The predicted octanol–water partition coefficient (Wildman–Crippen LogP) is 4.00. The van der Waals surface area contributed by atoms with Gasteiger partial charge in [0, 0.05) is 18.4 Å². The maximum atomic E-state index is 12.6. The highest BCUT2D eigenvalue weighted by molar-refractivity contribution is 5.89. The molecule has 0 radical (unpaired) electrons. The number of carbonyl (C=O) groups excluding carboxylic acids is 2. The van der Waals surface area contributed by atoms with Crippen molar-refractivity contribution < 1.29 is 27.5 Å². The highest BCUT2D eigenvalue weighted by Gasteiger charge is 2.35. The minimum Gasteiger partial charge on any atom is -0.444 e. The second-order valence-corrected chi connectivity index (χ2v) is 7.36. The molecule has 2 rings (SSSR count).